The van der Waals surface area contributed by atoms with Gasteiger partial charge in [-0.3, -0.25) is 4.79 Å². The van der Waals surface area contributed by atoms with Gasteiger partial charge < -0.3 is 14.7 Å². The van der Waals surface area contributed by atoms with Gasteiger partial charge in [0.25, 0.3) is 0 Å². The summed E-state index contributed by atoms with van der Waals surface area (Å²) in [5.41, 5.74) is 0.102. The van der Waals surface area contributed by atoms with E-state index in [1.807, 2.05) is 39.4 Å². The zero-order valence-electron chi connectivity index (χ0n) is 19.0. The lowest BCUT2D eigenvalue weighted by molar-refractivity contribution is -0.138. The van der Waals surface area contributed by atoms with Crippen LogP contribution in [0, 0.1) is 5.92 Å². The van der Waals surface area contributed by atoms with Crippen molar-refractivity contribution in [3.05, 3.63) is 53.5 Å². The van der Waals surface area contributed by atoms with Gasteiger partial charge in [-0.25, -0.2) is 4.98 Å². The number of hydrogen-bond acceptors (Lipinski definition) is 7. The summed E-state index contributed by atoms with van der Waals surface area (Å²) >= 11 is 1.63. The number of hydrogen-bond donors (Lipinski definition) is 0. The number of amides is 1. The zero-order chi connectivity index (χ0) is 24.4. The third kappa shape index (κ3) is 5.24. The first kappa shape index (κ1) is 23.5. The lowest BCUT2D eigenvalue weighted by Crippen LogP contribution is -2.52. The van der Waals surface area contributed by atoms with Gasteiger partial charge in [-0.1, -0.05) is 6.07 Å². The van der Waals surface area contributed by atoms with Crippen LogP contribution in [0.15, 0.2) is 48.0 Å². The highest BCUT2D eigenvalue weighted by molar-refractivity contribution is 7.13. The second kappa shape index (κ2) is 9.80. The highest BCUT2D eigenvalue weighted by atomic mass is 32.1. The van der Waals surface area contributed by atoms with E-state index in [1.165, 1.54) is 6.07 Å². The third-order valence-electron chi connectivity index (χ3n) is 6.58. The molecule has 35 heavy (non-hydrogen) atoms. The number of piperidine rings is 1. The van der Waals surface area contributed by atoms with E-state index in [9.17, 15) is 18.0 Å². The third-order valence-corrected chi connectivity index (χ3v) is 7.48. The number of halogens is 3. The molecule has 3 aromatic rings. The van der Waals surface area contributed by atoms with Crippen LogP contribution in [0.4, 0.5) is 24.8 Å². The Morgan fingerprint density at radius 2 is 1.60 bits per heavy atom. The minimum absolute atomic E-state index is 0.0275. The standard InChI is InChI=1S/C24H25F3N6OS/c25-24(26,27)18-3-5-21(28-16-18)32-11-13-33(14-12-32)23(34)17-7-9-31(10-8-17)22-6-4-19(29-30-22)20-2-1-15-35-20/h1-6,15-17H,7-14H2. The van der Waals surface area contributed by atoms with Crippen LogP contribution in [-0.2, 0) is 11.0 Å². The lowest BCUT2D eigenvalue weighted by Gasteiger charge is -2.39. The molecule has 2 aliphatic heterocycles. The van der Waals surface area contributed by atoms with Crippen LogP contribution >= 0.6 is 11.3 Å². The van der Waals surface area contributed by atoms with Crippen LogP contribution in [-0.4, -0.2) is 65.3 Å². The van der Waals surface area contributed by atoms with E-state index in [0.29, 0.717) is 32.0 Å². The quantitative estimate of drug-likeness (QED) is 0.533. The van der Waals surface area contributed by atoms with E-state index in [2.05, 4.69) is 20.1 Å². The number of aromatic nitrogens is 3. The highest BCUT2D eigenvalue weighted by Crippen LogP contribution is 2.30. The number of nitrogens with zero attached hydrogens (tertiary/aromatic N) is 6. The molecule has 0 radical (unpaired) electrons. The molecule has 5 heterocycles. The predicted molar refractivity (Wildman–Crippen MR) is 128 cm³/mol. The van der Waals surface area contributed by atoms with Gasteiger partial charge in [0.15, 0.2) is 5.82 Å². The average Bonchev–Trinajstić information content (AvgIpc) is 3.43. The van der Waals surface area contributed by atoms with Crippen LogP contribution in [0.5, 0.6) is 0 Å². The molecule has 0 saturated carbocycles. The average molecular weight is 503 g/mol. The van der Waals surface area contributed by atoms with Crippen molar-refractivity contribution in [2.24, 2.45) is 5.92 Å². The molecule has 0 N–H and O–H groups in total. The van der Waals surface area contributed by atoms with Crippen molar-refractivity contribution >= 4 is 28.9 Å². The summed E-state index contributed by atoms with van der Waals surface area (Å²) in [6, 6.07) is 10.4. The normalized spacial score (nSPS) is 17.6. The first-order chi connectivity index (χ1) is 16.9. The Morgan fingerprint density at radius 1 is 0.886 bits per heavy atom. The molecule has 2 saturated heterocycles. The number of thiophene rings is 1. The van der Waals surface area contributed by atoms with Crippen molar-refractivity contribution in [3.8, 4) is 10.6 Å². The summed E-state index contributed by atoms with van der Waals surface area (Å²) in [5, 5.41) is 10.8. The van der Waals surface area contributed by atoms with Gasteiger partial charge in [-0.05, 0) is 48.6 Å². The molecule has 1 amide bonds. The van der Waals surface area contributed by atoms with E-state index in [-0.39, 0.29) is 11.8 Å². The fraction of sp³-hybridized carbons (Fsp3) is 0.417. The Morgan fingerprint density at radius 3 is 2.17 bits per heavy atom. The number of alkyl halides is 3. The van der Waals surface area contributed by atoms with Gasteiger partial charge in [-0.15, -0.1) is 21.5 Å². The van der Waals surface area contributed by atoms with Crippen molar-refractivity contribution in [3.63, 3.8) is 0 Å². The second-order valence-corrected chi connectivity index (χ2v) is 9.68. The summed E-state index contributed by atoms with van der Waals surface area (Å²) in [4.78, 5) is 24.1. The molecule has 0 aliphatic carbocycles. The number of carbonyl (C=O) groups excluding carboxylic acids is 1. The van der Waals surface area contributed by atoms with Crippen molar-refractivity contribution in [2.45, 2.75) is 19.0 Å². The molecule has 5 rings (SSSR count). The first-order valence-corrected chi connectivity index (χ1v) is 12.5. The van der Waals surface area contributed by atoms with E-state index in [4.69, 9.17) is 0 Å². The maximum atomic E-state index is 13.1. The minimum Gasteiger partial charge on any atom is -0.355 e. The Bertz CT molecular complexity index is 1120. The monoisotopic (exact) mass is 502 g/mol. The summed E-state index contributed by atoms with van der Waals surface area (Å²) in [5.74, 6) is 1.46. The Balaban J connectivity index is 1.11. The molecule has 0 atom stereocenters. The Labute approximate surface area is 205 Å². The van der Waals surface area contributed by atoms with Gasteiger partial charge in [-0.2, -0.15) is 13.2 Å². The lowest BCUT2D eigenvalue weighted by atomic mass is 9.95. The number of carbonyl (C=O) groups is 1. The zero-order valence-corrected chi connectivity index (χ0v) is 19.8. The molecule has 3 aromatic heterocycles. The molecule has 184 valence electrons. The molecular formula is C24H25F3N6OS. The molecule has 2 aliphatic rings. The largest absolute Gasteiger partial charge is 0.417 e. The molecule has 7 nitrogen and oxygen atoms in total. The van der Waals surface area contributed by atoms with Crippen molar-refractivity contribution in [1.29, 1.82) is 0 Å². The van der Waals surface area contributed by atoms with Gasteiger partial charge in [0.2, 0.25) is 5.91 Å². The molecule has 0 spiro atoms. The molecular weight excluding hydrogens is 477 g/mol. The molecule has 11 heteroatoms. The van der Waals surface area contributed by atoms with Crippen LogP contribution in [0.3, 0.4) is 0 Å². The highest BCUT2D eigenvalue weighted by Gasteiger charge is 2.33. The van der Waals surface area contributed by atoms with Crippen molar-refractivity contribution in [2.75, 3.05) is 49.1 Å². The van der Waals surface area contributed by atoms with E-state index in [1.54, 1.807) is 11.3 Å². The molecule has 2 fully saturated rings. The van der Waals surface area contributed by atoms with Crippen molar-refractivity contribution in [1.82, 2.24) is 20.1 Å². The summed E-state index contributed by atoms with van der Waals surface area (Å²) in [6.07, 6.45) is -2.02. The minimum atomic E-state index is -4.40. The Hall–Kier alpha value is -3.21. The SMILES string of the molecule is O=C(C1CCN(c2ccc(-c3cccs3)nn2)CC1)N1CCN(c2ccc(C(F)(F)F)cn2)CC1. The van der Waals surface area contributed by atoms with Crippen LogP contribution < -0.4 is 9.80 Å². The van der Waals surface area contributed by atoms with Gasteiger partial charge in [0.1, 0.15) is 11.5 Å². The summed E-state index contributed by atoms with van der Waals surface area (Å²) in [7, 11) is 0. The molecule has 0 bridgehead atoms. The van der Waals surface area contributed by atoms with Gasteiger partial charge >= 0.3 is 6.18 Å². The number of anilines is 2. The van der Waals surface area contributed by atoms with Crippen molar-refractivity contribution < 1.29 is 18.0 Å². The number of rotatable bonds is 4. The molecule has 0 unspecified atom stereocenters. The number of pyridine rings is 1. The van der Waals surface area contributed by atoms with Gasteiger partial charge in [0, 0.05) is 51.4 Å². The fourth-order valence-corrected chi connectivity index (χ4v) is 5.25. The topological polar surface area (TPSA) is 65.5 Å². The van der Waals surface area contributed by atoms with Crippen LogP contribution in [0.1, 0.15) is 18.4 Å². The number of piperazine rings is 1. The van der Waals surface area contributed by atoms with E-state index in [0.717, 1.165) is 54.6 Å². The van der Waals surface area contributed by atoms with E-state index < -0.39 is 11.7 Å². The maximum absolute atomic E-state index is 13.1. The smallest absolute Gasteiger partial charge is 0.355 e. The Kier molecular flexibility index (Phi) is 6.59. The first-order valence-electron chi connectivity index (χ1n) is 11.6. The van der Waals surface area contributed by atoms with Gasteiger partial charge in [0.05, 0.1) is 10.4 Å². The second-order valence-electron chi connectivity index (χ2n) is 8.73. The summed E-state index contributed by atoms with van der Waals surface area (Å²) in [6.45, 7) is 3.68. The van der Waals surface area contributed by atoms with Crippen LogP contribution in [0.2, 0.25) is 0 Å². The van der Waals surface area contributed by atoms with Crippen LogP contribution in [0.25, 0.3) is 10.6 Å². The van der Waals surface area contributed by atoms with E-state index >= 15 is 0 Å². The maximum Gasteiger partial charge on any atom is 0.417 e. The summed E-state index contributed by atoms with van der Waals surface area (Å²) < 4.78 is 38.3. The predicted octanol–water partition coefficient (Wildman–Crippen LogP) is 4.18. The fourth-order valence-electron chi connectivity index (χ4n) is 4.56. The molecule has 0 aromatic carbocycles.